The van der Waals surface area contributed by atoms with E-state index in [0.29, 0.717) is 12.1 Å². The van der Waals surface area contributed by atoms with E-state index in [4.69, 9.17) is 9.94 Å². The standard InChI is InChI=1S/C14H13FN6O4/c15-12-3-10(20-7-11(5-16-8-22)25-14(20)23)1-2-13(12)21-6-9(4-17-24)18-19-21/h1-4,6,8,11,24H,5,7H2,(H,16,22). The van der Waals surface area contributed by atoms with Crippen LogP contribution in [-0.4, -0.2) is 58.1 Å². The van der Waals surface area contributed by atoms with Crippen molar-refractivity contribution in [1.82, 2.24) is 20.3 Å². The Morgan fingerprint density at radius 1 is 1.52 bits per heavy atom. The molecule has 1 saturated heterocycles. The molecule has 1 fully saturated rings. The van der Waals surface area contributed by atoms with Crippen LogP contribution in [-0.2, 0) is 9.53 Å². The van der Waals surface area contributed by atoms with Crippen molar-refractivity contribution in [3.63, 3.8) is 0 Å². The number of anilines is 1. The Morgan fingerprint density at radius 3 is 3.08 bits per heavy atom. The maximum Gasteiger partial charge on any atom is 0.414 e. The second-order valence-electron chi connectivity index (χ2n) is 5.11. The molecule has 0 saturated carbocycles. The molecule has 2 amide bonds. The van der Waals surface area contributed by atoms with E-state index >= 15 is 0 Å². The van der Waals surface area contributed by atoms with E-state index < -0.39 is 18.0 Å². The van der Waals surface area contributed by atoms with Gasteiger partial charge < -0.3 is 15.3 Å². The van der Waals surface area contributed by atoms with Gasteiger partial charge in [0.1, 0.15) is 17.5 Å². The van der Waals surface area contributed by atoms with Crippen LogP contribution in [0.25, 0.3) is 5.69 Å². The Labute approximate surface area is 140 Å². The molecule has 1 aliphatic heterocycles. The number of nitrogens with zero attached hydrogens (tertiary/aromatic N) is 5. The number of aromatic nitrogens is 3. The number of hydrogen-bond acceptors (Lipinski definition) is 7. The molecule has 11 heteroatoms. The zero-order chi connectivity index (χ0) is 17.8. The van der Waals surface area contributed by atoms with Gasteiger partial charge in [-0.1, -0.05) is 10.4 Å². The fourth-order valence-electron chi connectivity index (χ4n) is 2.38. The Kier molecular flexibility index (Phi) is 4.55. The molecule has 0 radical (unpaired) electrons. The zero-order valence-electron chi connectivity index (χ0n) is 12.7. The van der Waals surface area contributed by atoms with Gasteiger partial charge in [-0.25, -0.2) is 13.9 Å². The number of ether oxygens (including phenoxy) is 1. The van der Waals surface area contributed by atoms with Crippen molar-refractivity contribution in [3.05, 3.63) is 35.9 Å². The Balaban J connectivity index is 1.79. The second-order valence-corrected chi connectivity index (χ2v) is 5.11. The molecule has 0 spiro atoms. The second kappa shape index (κ2) is 6.95. The average Bonchev–Trinajstić information content (AvgIpc) is 3.20. The fraction of sp³-hybridized carbons (Fsp3) is 0.214. The van der Waals surface area contributed by atoms with Crippen LogP contribution in [0.4, 0.5) is 14.9 Å². The smallest absolute Gasteiger partial charge is 0.414 e. The highest BCUT2D eigenvalue weighted by Crippen LogP contribution is 2.25. The lowest BCUT2D eigenvalue weighted by Gasteiger charge is -2.14. The molecule has 1 aromatic carbocycles. The molecule has 1 aromatic heterocycles. The third kappa shape index (κ3) is 3.39. The molecular formula is C14H13FN6O4. The van der Waals surface area contributed by atoms with Gasteiger partial charge in [-0.15, -0.1) is 5.10 Å². The highest BCUT2D eigenvalue weighted by atomic mass is 19.1. The summed E-state index contributed by atoms with van der Waals surface area (Å²) >= 11 is 0. The van der Waals surface area contributed by atoms with E-state index in [1.165, 1.54) is 34.0 Å². The lowest BCUT2D eigenvalue weighted by atomic mass is 10.2. The first-order chi connectivity index (χ1) is 12.1. The maximum atomic E-state index is 14.4. The Hall–Kier alpha value is -3.50. The summed E-state index contributed by atoms with van der Waals surface area (Å²) in [6, 6.07) is 4.15. The van der Waals surface area contributed by atoms with Crippen molar-refractivity contribution in [2.24, 2.45) is 5.16 Å². The lowest BCUT2D eigenvalue weighted by Crippen LogP contribution is -2.30. The molecule has 0 aliphatic carbocycles. The van der Waals surface area contributed by atoms with Crippen LogP contribution in [0.15, 0.2) is 29.6 Å². The van der Waals surface area contributed by atoms with Crippen molar-refractivity contribution < 1.29 is 23.9 Å². The topological polar surface area (TPSA) is 122 Å². The number of hydrogen-bond donors (Lipinski definition) is 2. The highest BCUT2D eigenvalue weighted by Gasteiger charge is 2.32. The molecule has 2 heterocycles. The van der Waals surface area contributed by atoms with Crippen LogP contribution in [0, 0.1) is 5.82 Å². The van der Waals surface area contributed by atoms with E-state index in [9.17, 15) is 14.0 Å². The monoisotopic (exact) mass is 348 g/mol. The number of halogens is 1. The first-order valence-electron chi connectivity index (χ1n) is 7.17. The van der Waals surface area contributed by atoms with Crippen molar-refractivity contribution in [2.45, 2.75) is 6.10 Å². The number of nitrogens with one attached hydrogen (secondary N) is 1. The van der Waals surface area contributed by atoms with Gasteiger partial charge in [0.05, 0.1) is 31.2 Å². The fourth-order valence-corrected chi connectivity index (χ4v) is 2.38. The average molecular weight is 348 g/mol. The van der Waals surface area contributed by atoms with E-state index in [-0.39, 0.29) is 24.5 Å². The molecule has 2 aromatic rings. The number of rotatable bonds is 6. The molecule has 1 atom stereocenters. The predicted molar refractivity (Wildman–Crippen MR) is 82.4 cm³/mol. The summed E-state index contributed by atoms with van der Waals surface area (Å²) in [5.41, 5.74) is 0.678. The summed E-state index contributed by atoms with van der Waals surface area (Å²) in [6.07, 6.45) is 1.83. The van der Waals surface area contributed by atoms with Crippen LogP contribution in [0.5, 0.6) is 0 Å². The molecule has 3 rings (SSSR count). The zero-order valence-corrected chi connectivity index (χ0v) is 12.7. The molecule has 1 unspecified atom stereocenters. The summed E-state index contributed by atoms with van der Waals surface area (Å²) in [5, 5.41) is 21.1. The van der Waals surface area contributed by atoms with E-state index in [1.54, 1.807) is 0 Å². The molecule has 130 valence electrons. The number of carbonyl (C=O) groups is 2. The molecule has 0 bridgehead atoms. The third-order valence-corrected chi connectivity index (χ3v) is 3.49. The number of cyclic esters (lactones) is 1. The number of amides is 2. The SMILES string of the molecule is O=CNCC1CN(c2ccc(-n3cc(C=NO)nn3)c(F)c2)C(=O)O1. The minimum Gasteiger partial charge on any atom is -0.442 e. The minimum atomic E-state index is -0.628. The largest absolute Gasteiger partial charge is 0.442 e. The summed E-state index contributed by atoms with van der Waals surface area (Å²) in [5.74, 6) is -0.628. The quantitative estimate of drug-likeness (QED) is 0.335. The Bertz CT molecular complexity index is 823. The van der Waals surface area contributed by atoms with Gasteiger partial charge in [0.25, 0.3) is 0 Å². The van der Waals surface area contributed by atoms with Crippen LogP contribution in [0.3, 0.4) is 0 Å². The van der Waals surface area contributed by atoms with Crippen molar-refractivity contribution >= 4 is 24.4 Å². The molecule has 2 N–H and O–H groups in total. The number of carbonyl (C=O) groups excluding carboxylic acids is 2. The van der Waals surface area contributed by atoms with Crippen molar-refractivity contribution in [1.29, 1.82) is 0 Å². The van der Waals surface area contributed by atoms with Gasteiger partial charge in [0.15, 0.2) is 5.82 Å². The molecule has 1 aliphatic rings. The van der Waals surface area contributed by atoms with E-state index in [2.05, 4.69) is 20.8 Å². The third-order valence-electron chi connectivity index (χ3n) is 3.49. The highest BCUT2D eigenvalue weighted by molar-refractivity contribution is 5.90. The molecule has 10 nitrogen and oxygen atoms in total. The van der Waals surface area contributed by atoms with Crippen LogP contribution < -0.4 is 10.2 Å². The van der Waals surface area contributed by atoms with Gasteiger partial charge in [0.2, 0.25) is 6.41 Å². The maximum absolute atomic E-state index is 14.4. The number of oxime groups is 1. The van der Waals surface area contributed by atoms with E-state index in [1.807, 2.05) is 0 Å². The van der Waals surface area contributed by atoms with Crippen LogP contribution >= 0.6 is 0 Å². The first-order valence-corrected chi connectivity index (χ1v) is 7.17. The Morgan fingerprint density at radius 2 is 2.36 bits per heavy atom. The summed E-state index contributed by atoms with van der Waals surface area (Å²) in [7, 11) is 0. The first kappa shape index (κ1) is 16.4. The lowest BCUT2D eigenvalue weighted by molar-refractivity contribution is -0.109. The number of benzene rings is 1. The molecule has 25 heavy (non-hydrogen) atoms. The summed E-state index contributed by atoms with van der Waals surface area (Å²) < 4.78 is 20.7. The van der Waals surface area contributed by atoms with Gasteiger partial charge in [-0.3, -0.25) is 9.69 Å². The summed E-state index contributed by atoms with van der Waals surface area (Å²) in [4.78, 5) is 23.5. The van der Waals surface area contributed by atoms with Crippen LogP contribution in [0.1, 0.15) is 5.69 Å². The van der Waals surface area contributed by atoms with Crippen LogP contribution in [0.2, 0.25) is 0 Å². The van der Waals surface area contributed by atoms with Gasteiger partial charge in [0, 0.05) is 0 Å². The van der Waals surface area contributed by atoms with E-state index in [0.717, 1.165) is 6.21 Å². The molecular weight excluding hydrogens is 335 g/mol. The van der Waals surface area contributed by atoms with Crippen molar-refractivity contribution in [3.8, 4) is 5.69 Å². The minimum absolute atomic E-state index is 0.112. The van der Waals surface area contributed by atoms with Gasteiger partial charge in [-0.2, -0.15) is 0 Å². The predicted octanol–water partition coefficient (Wildman–Crippen LogP) is 0.286. The summed E-state index contributed by atoms with van der Waals surface area (Å²) in [6.45, 7) is 0.374. The normalized spacial score (nSPS) is 17.1. The van der Waals surface area contributed by atoms with Gasteiger partial charge >= 0.3 is 6.09 Å². The van der Waals surface area contributed by atoms with Crippen molar-refractivity contribution in [2.75, 3.05) is 18.0 Å². The van der Waals surface area contributed by atoms with Gasteiger partial charge in [-0.05, 0) is 18.2 Å².